The molecule has 1 heterocycles. The van der Waals surface area contributed by atoms with E-state index in [2.05, 4.69) is 26.2 Å². The molecule has 90 valence electrons. The second-order valence-corrected chi connectivity index (χ2v) is 4.91. The zero-order valence-electron chi connectivity index (χ0n) is 9.03. The smallest absolute Gasteiger partial charge is 0.127 e. The molecule has 0 spiro atoms. The van der Waals surface area contributed by atoms with Crippen molar-refractivity contribution in [1.82, 2.24) is 4.98 Å². The van der Waals surface area contributed by atoms with Gasteiger partial charge in [-0.05, 0) is 53.7 Å². The first kappa shape index (κ1) is 13.7. The van der Waals surface area contributed by atoms with Crippen LogP contribution in [0.5, 0.6) is 0 Å². The van der Waals surface area contributed by atoms with Crippen molar-refractivity contribution in [2.45, 2.75) is 37.8 Å². The number of anilines is 1. The van der Waals surface area contributed by atoms with Gasteiger partial charge >= 0.3 is 0 Å². The zero-order valence-corrected chi connectivity index (χ0v) is 11.4. The average molecular weight is 307 g/mol. The van der Waals surface area contributed by atoms with Gasteiger partial charge < -0.3 is 11.1 Å². The number of aromatic nitrogens is 1. The minimum atomic E-state index is 0. The normalized spacial score (nSPS) is 24.6. The molecule has 0 aromatic carbocycles. The Bertz CT molecular complexity index is 327. The fourth-order valence-electron chi connectivity index (χ4n) is 1.96. The van der Waals surface area contributed by atoms with Crippen molar-refractivity contribution in [3.05, 3.63) is 22.8 Å². The Kier molecular flexibility index (Phi) is 5.52. The molecule has 0 bridgehead atoms. The highest BCUT2D eigenvalue weighted by Gasteiger charge is 2.18. The molecule has 0 radical (unpaired) electrons. The van der Waals surface area contributed by atoms with Crippen molar-refractivity contribution in [2.75, 3.05) is 5.32 Å². The van der Waals surface area contributed by atoms with Crippen molar-refractivity contribution >= 4 is 34.2 Å². The topological polar surface area (TPSA) is 50.9 Å². The van der Waals surface area contributed by atoms with E-state index in [1.54, 1.807) is 0 Å². The Morgan fingerprint density at radius 3 is 2.56 bits per heavy atom. The van der Waals surface area contributed by atoms with E-state index in [4.69, 9.17) is 5.73 Å². The van der Waals surface area contributed by atoms with Gasteiger partial charge in [-0.3, -0.25) is 0 Å². The maximum atomic E-state index is 5.86. The molecular formula is C11H17BrClN3. The van der Waals surface area contributed by atoms with Crippen LogP contribution in [0.1, 0.15) is 25.7 Å². The van der Waals surface area contributed by atoms with E-state index in [0.717, 1.165) is 36.1 Å². The SMILES string of the molecule is Cl.NC1CCC(Nc2cccc(Br)n2)CC1. The highest BCUT2D eigenvalue weighted by Crippen LogP contribution is 2.20. The number of hydrogen-bond acceptors (Lipinski definition) is 3. The summed E-state index contributed by atoms with van der Waals surface area (Å²) in [5.41, 5.74) is 5.86. The molecule has 5 heteroatoms. The number of rotatable bonds is 2. The van der Waals surface area contributed by atoms with E-state index < -0.39 is 0 Å². The maximum absolute atomic E-state index is 5.86. The zero-order chi connectivity index (χ0) is 10.7. The Balaban J connectivity index is 0.00000128. The fourth-order valence-corrected chi connectivity index (χ4v) is 2.30. The molecule has 1 aromatic heterocycles. The van der Waals surface area contributed by atoms with Crippen molar-refractivity contribution in [1.29, 1.82) is 0 Å². The van der Waals surface area contributed by atoms with Crippen molar-refractivity contribution in [3.8, 4) is 0 Å². The molecule has 1 aromatic rings. The van der Waals surface area contributed by atoms with Crippen LogP contribution in [0.3, 0.4) is 0 Å². The second kappa shape index (κ2) is 6.42. The molecule has 3 N–H and O–H groups in total. The Morgan fingerprint density at radius 2 is 1.94 bits per heavy atom. The molecule has 1 saturated carbocycles. The molecule has 1 fully saturated rings. The number of nitrogens with one attached hydrogen (secondary N) is 1. The summed E-state index contributed by atoms with van der Waals surface area (Å²) in [7, 11) is 0. The van der Waals surface area contributed by atoms with Gasteiger partial charge in [0.2, 0.25) is 0 Å². The Morgan fingerprint density at radius 1 is 1.25 bits per heavy atom. The second-order valence-electron chi connectivity index (χ2n) is 4.10. The lowest BCUT2D eigenvalue weighted by Crippen LogP contribution is -2.32. The van der Waals surface area contributed by atoms with Crippen LogP contribution in [0, 0.1) is 0 Å². The standard InChI is InChI=1S/C11H16BrN3.ClH/c12-10-2-1-3-11(15-10)14-9-6-4-8(13)5-7-9;/h1-3,8-9H,4-7,13H2,(H,14,15);1H. The van der Waals surface area contributed by atoms with Gasteiger partial charge in [0.05, 0.1) is 0 Å². The van der Waals surface area contributed by atoms with Crippen LogP contribution in [0.2, 0.25) is 0 Å². The molecule has 2 rings (SSSR count). The Labute approximate surface area is 111 Å². The maximum Gasteiger partial charge on any atom is 0.127 e. The van der Waals surface area contributed by atoms with Crippen molar-refractivity contribution in [2.24, 2.45) is 5.73 Å². The number of halogens is 2. The minimum Gasteiger partial charge on any atom is -0.367 e. The number of nitrogens with two attached hydrogens (primary N) is 1. The summed E-state index contributed by atoms with van der Waals surface area (Å²) >= 11 is 3.37. The molecule has 3 nitrogen and oxygen atoms in total. The van der Waals surface area contributed by atoms with Crippen molar-refractivity contribution in [3.63, 3.8) is 0 Å². The predicted molar refractivity (Wildman–Crippen MR) is 73.0 cm³/mol. The first-order valence-electron chi connectivity index (χ1n) is 5.39. The van der Waals surface area contributed by atoms with E-state index in [-0.39, 0.29) is 12.4 Å². The molecule has 1 aliphatic rings. The van der Waals surface area contributed by atoms with Crippen LogP contribution in [0.15, 0.2) is 22.8 Å². The average Bonchev–Trinajstić information content (AvgIpc) is 2.22. The lowest BCUT2D eigenvalue weighted by molar-refractivity contribution is 0.410. The molecule has 16 heavy (non-hydrogen) atoms. The third kappa shape index (κ3) is 3.92. The third-order valence-corrected chi connectivity index (χ3v) is 3.28. The molecule has 0 amide bonds. The van der Waals surface area contributed by atoms with E-state index in [0.29, 0.717) is 12.1 Å². The van der Waals surface area contributed by atoms with E-state index >= 15 is 0 Å². The van der Waals surface area contributed by atoms with Crippen molar-refractivity contribution < 1.29 is 0 Å². The van der Waals surface area contributed by atoms with Crippen LogP contribution < -0.4 is 11.1 Å². The van der Waals surface area contributed by atoms with Gasteiger partial charge in [0.25, 0.3) is 0 Å². The number of pyridine rings is 1. The van der Waals surface area contributed by atoms with Crippen LogP contribution >= 0.6 is 28.3 Å². The van der Waals surface area contributed by atoms with Gasteiger partial charge in [-0.2, -0.15) is 0 Å². The summed E-state index contributed by atoms with van der Waals surface area (Å²) in [5.74, 6) is 0.949. The summed E-state index contributed by atoms with van der Waals surface area (Å²) in [5, 5.41) is 3.45. The summed E-state index contributed by atoms with van der Waals surface area (Å²) in [6, 6.07) is 6.86. The minimum absolute atomic E-state index is 0. The molecule has 0 atom stereocenters. The van der Waals surface area contributed by atoms with Gasteiger partial charge in [0.15, 0.2) is 0 Å². The number of hydrogen-bond donors (Lipinski definition) is 2. The van der Waals surface area contributed by atoms with Crippen LogP contribution in [0.25, 0.3) is 0 Å². The van der Waals surface area contributed by atoms with E-state index in [9.17, 15) is 0 Å². The van der Waals surface area contributed by atoms with Gasteiger partial charge in [-0.1, -0.05) is 6.07 Å². The van der Waals surface area contributed by atoms with Crippen LogP contribution in [0.4, 0.5) is 5.82 Å². The van der Waals surface area contributed by atoms with E-state index in [1.807, 2.05) is 18.2 Å². The fraction of sp³-hybridized carbons (Fsp3) is 0.545. The largest absolute Gasteiger partial charge is 0.367 e. The highest BCUT2D eigenvalue weighted by atomic mass is 79.9. The molecule has 0 aliphatic heterocycles. The monoisotopic (exact) mass is 305 g/mol. The lowest BCUT2D eigenvalue weighted by Gasteiger charge is -2.27. The van der Waals surface area contributed by atoms with Gasteiger partial charge in [-0.15, -0.1) is 12.4 Å². The van der Waals surface area contributed by atoms with Crippen LogP contribution in [-0.4, -0.2) is 17.1 Å². The quantitative estimate of drug-likeness (QED) is 0.826. The summed E-state index contributed by atoms with van der Waals surface area (Å²) in [6.45, 7) is 0. The van der Waals surface area contributed by atoms with Gasteiger partial charge in [-0.25, -0.2) is 4.98 Å². The summed E-state index contributed by atoms with van der Waals surface area (Å²) in [4.78, 5) is 4.36. The van der Waals surface area contributed by atoms with E-state index in [1.165, 1.54) is 0 Å². The van der Waals surface area contributed by atoms with Gasteiger partial charge in [0.1, 0.15) is 10.4 Å². The molecule has 1 aliphatic carbocycles. The molecule has 0 saturated heterocycles. The Hall–Kier alpha value is -0.320. The first-order valence-corrected chi connectivity index (χ1v) is 6.18. The summed E-state index contributed by atoms with van der Waals surface area (Å²) < 4.78 is 0.875. The molecule has 0 unspecified atom stereocenters. The summed E-state index contributed by atoms with van der Waals surface area (Å²) in [6.07, 6.45) is 4.53. The highest BCUT2D eigenvalue weighted by molar-refractivity contribution is 9.10. The molecular weight excluding hydrogens is 289 g/mol. The third-order valence-electron chi connectivity index (χ3n) is 2.84. The van der Waals surface area contributed by atoms with Gasteiger partial charge in [0, 0.05) is 12.1 Å². The predicted octanol–water partition coefficient (Wildman–Crippen LogP) is 2.95. The lowest BCUT2D eigenvalue weighted by atomic mass is 9.92. The number of nitrogens with zero attached hydrogens (tertiary/aromatic N) is 1. The first-order chi connectivity index (χ1) is 7.24. The van der Waals surface area contributed by atoms with Crippen LogP contribution in [-0.2, 0) is 0 Å².